The Hall–Kier alpha value is -2.88. The molecule has 2 N–H and O–H groups in total. The van der Waals surface area contributed by atoms with Crippen LogP contribution >= 0.6 is 0 Å². The SMILES string of the molecule is COc1ccc2cc(C)c(-c3ccccc3C(N)=O)nc2c1. The summed E-state index contributed by atoms with van der Waals surface area (Å²) in [6.07, 6.45) is 0. The standard InChI is InChI=1S/C18H16N2O2/c1-11-9-12-7-8-13(22-2)10-16(12)20-17(11)14-5-3-4-6-15(14)18(19)21/h3-10H,1-2H3,(H2,19,21). The molecule has 4 nitrogen and oxygen atoms in total. The molecule has 22 heavy (non-hydrogen) atoms. The minimum atomic E-state index is -0.456. The number of nitrogens with zero attached hydrogens (tertiary/aromatic N) is 1. The molecule has 0 aliphatic carbocycles. The topological polar surface area (TPSA) is 65.2 Å². The third-order valence-corrected chi connectivity index (χ3v) is 3.66. The summed E-state index contributed by atoms with van der Waals surface area (Å²) in [7, 11) is 1.62. The van der Waals surface area contributed by atoms with Gasteiger partial charge in [0, 0.05) is 22.6 Å². The number of ether oxygens (including phenoxy) is 1. The molecular formula is C18H16N2O2. The lowest BCUT2D eigenvalue weighted by Gasteiger charge is -2.11. The first-order chi connectivity index (χ1) is 10.6. The number of nitrogens with two attached hydrogens (primary N) is 1. The zero-order valence-electron chi connectivity index (χ0n) is 12.5. The lowest BCUT2D eigenvalue weighted by molar-refractivity contribution is 0.100. The summed E-state index contributed by atoms with van der Waals surface area (Å²) in [5, 5.41) is 1.03. The van der Waals surface area contributed by atoms with Gasteiger partial charge in [0.15, 0.2) is 0 Å². The van der Waals surface area contributed by atoms with Crippen LogP contribution in [-0.2, 0) is 0 Å². The van der Waals surface area contributed by atoms with Gasteiger partial charge in [0.05, 0.1) is 18.3 Å². The summed E-state index contributed by atoms with van der Waals surface area (Å²) < 4.78 is 5.25. The smallest absolute Gasteiger partial charge is 0.249 e. The maximum absolute atomic E-state index is 11.6. The number of hydrogen-bond acceptors (Lipinski definition) is 3. The maximum Gasteiger partial charge on any atom is 0.249 e. The Morgan fingerprint density at radius 3 is 2.64 bits per heavy atom. The summed E-state index contributed by atoms with van der Waals surface area (Å²) in [5.74, 6) is 0.292. The molecule has 4 heteroatoms. The van der Waals surface area contributed by atoms with Gasteiger partial charge in [-0.1, -0.05) is 18.2 Å². The molecule has 1 amide bonds. The van der Waals surface area contributed by atoms with Gasteiger partial charge in [0.2, 0.25) is 5.91 Å². The van der Waals surface area contributed by atoms with E-state index in [2.05, 4.69) is 6.07 Å². The molecule has 0 aliphatic rings. The number of rotatable bonds is 3. The van der Waals surface area contributed by atoms with Crippen molar-refractivity contribution in [3.05, 3.63) is 59.7 Å². The van der Waals surface area contributed by atoms with E-state index in [9.17, 15) is 4.79 Å². The quantitative estimate of drug-likeness (QED) is 0.805. The van der Waals surface area contributed by atoms with E-state index in [1.165, 1.54) is 0 Å². The third kappa shape index (κ3) is 2.39. The highest BCUT2D eigenvalue weighted by Gasteiger charge is 2.13. The zero-order valence-corrected chi connectivity index (χ0v) is 12.5. The second-order valence-corrected chi connectivity index (χ2v) is 5.12. The van der Waals surface area contributed by atoms with E-state index in [0.717, 1.165) is 33.5 Å². The number of carbonyl (C=O) groups excluding carboxylic acids is 1. The monoisotopic (exact) mass is 292 g/mol. The van der Waals surface area contributed by atoms with E-state index in [4.69, 9.17) is 15.5 Å². The van der Waals surface area contributed by atoms with Crippen LogP contribution < -0.4 is 10.5 Å². The van der Waals surface area contributed by atoms with Gasteiger partial charge in [-0.15, -0.1) is 0 Å². The molecule has 2 aromatic carbocycles. The van der Waals surface area contributed by atoms with Crippen LogP contribution in [-0.4, -0.2) is 18.0 Å². The predicted molar refractivity (Wildman–Crippen MR) is 87.0 cm³/mol. The average molecular weight is 292 g/mol. The van der Waals surface area contributed by atoms with Gasteiger partial charge in [-0.2, -0.15) is 0 Å². The summed E-state index contributed by atoms with van der Waals surface area (Å²) in [6, 6.07) is 15.1. The summed E-state index contributed by atoms with van der Waals surface area (Å²) >= 11 is 0. The molecule has 3 rings (SSSR count). The summed E-state index contributed by atoms with van der Waals surface area (Å²) in [4.78, 5) is 16.4. The predicted octanol–water partition coefficient (Wildman–Crippen LogP) is 3.32. The Morgan fingerprint density at radius 1 is 1.14 bits per heavy atom. The molecule has 1 aromatic heterocycles. The van der Waals surface area contributed by atoms with Crippen molar-refractivity contribution in [1.29, 1.82) is 0 Å². The zero-order chi connectivity index (χ0) is 15.7. The van der Waals surface area contributed by atoms with Crippen molar-refractivity contribution in [3.63, 3.8) is 0 Å². The van der Waals surface area contributed by atoms with Crippen molar-refractivity contribution in [2.75, 3.05) is 7.11 Å². The number of primary amides is 1. The van der Waals surface area contributed by atoms with Crippen LogP contribution in [0.2, 0.25) is 0 Å². The summed E-state index contributed by atoms with van der Waals surface area (Å²) in [6.45, 7) is 1.98. The number of fused-ring (bicyclic) bond motifs is 1. The molecule has 1 heterocycles. The first-order valence-electron chi connectivity index (χ1n) is 6.95. The Morgan fingerprint density at radius 2 is 1.91 bits per heavy atom. The Bertz CT molecular complexity index is 872. The average Bonchev–Trinajstić information content (AvgIpc) is 2.53. The highest BCUT2D eigenvalue weighted by molar-refractivity contribution is 6.00. The van der Waals surface area contributed by atoms with Crippen LogP contribution in [0, 0.1) is 6.92 Å². The molecule has 0 unspecified atom stereocenters. The summed E-state index contributed by atoms with van der Waals surface area (Å²) in [5.41, 5.74) is 9.26. The van der Waals surface area contributed by atoms with Crippen LogP contribution in [0.3, 0.4) is 0 Å². The molecule has 0 atom stereocenters. The van der Waals surface area contributed by atoms with Crippen molar-refractivity contribution >= 4 is 16.8 Å². The lowest BCUT2D eigenvalue weighted by atomic mass is 9.99. The number of benzene rings is 2. The largest absolute Gasteiger partial charge is 0.497 e. The van der Waals surface area contributed by atoms with Crippen molar-refractivity contribution in [1.82, 2.24) is 4.98 Å². The van der Waals surface area contributed by atoms with Crippen LogP contribution in [0.25, 0.3) is 22.2 Å². The van der Waals surface area contributed by atoms with Crippen molar-refractivity contribution in [2.45, 2.75) is 6.92 Å². The first kappa shape index (κ1) is 14.1. The molecule has 0 bridgehead atoms. The van der Waals surface area contributed by atoms with Gasteiger partial charge in [0.25, 0.3) is 0 Å². The van der Waals surface area contributed by atoms with Crippen LogP contribution in [0.4, 0.5) is 0 Å². The highest BCUT2D eigenvalue weighted by atomic mass is 16.5. The first-order valence-corrected chi connectivity index (χ1v) is 6.95. The van der Waals surface area contributed by atoms with Crippen LogP contribution in [0.15, 0.2) is 48.5 Å². The van der Waals surface area contributed by atoms with Gasteiger partial charge < -0.3 is 10.5 Å². The third-order valence-electron chi connectivity index (χ3n) is 3.66. The van der Waals surface area contributed by atoms with Gasteiger partial charge in [-0.3, -0.25) is 4.79 Å². The second kappa shape index (κ2) is 5.48. The molecule has 0 aliphatic heterocycles. The number of amides is 1. The van der Waals surface area contributed by atoms with E-state index >= 15 is 0 Å². The molecule has 110 valence electrons. The van der Waals surface area contributed by atoms with Crippen LogP contribution in [0.1, 0.15) is 15.9 Å². The van der Waals surface area contributed by atoms with Gasteiger partial charge >= 0.3 is 0 Å². The van der Waals surface area contributed by atoms with E-state index in [-0.39, 0.29) is 0 Å². The fourth-order valence-corrected chi connectivity index (χ4v) is 2.56. The molecule has 0 radical (unpaired) electrons. The van der Waals surface area contributed by atoms with Crippen molar-refractivity contribution in [3.8, 4) is 17.0 Å². The van der Waals surface area contributed by atoms with Crippen molar-refractivity contribution in [2.24, 2.45) is 5.73 Å². The minimum Gasteiger partial charge on any atom is -0.497 e. The van der Waals surface area contributed by atoms with Gasteiger partial charge in [-0.05, 0) is 36.8 Å². The molecule has 0 saturated heterocycles. The van der Waals surface area contributed by atoms with E-state index in [0.29, 0.717) is 5.56 Å². The lowest BCUT2D eigenvalue weighted by Crippen LogP contribution is -2.12. The normalized spacial score (nSPS) is 10.6. The molecule has 0 fully saturated rings. The van der Waals surface area contributed by atoms with E-state index < -0.39 is 5.91 Å². The number of aryl methyl sites for hydroxylation is 1. The fraction of sp³-hybridized carbons (Fsp3) is 0.111. The Labute approximate surface area is 128 Å². The Kier molecular flexibility index (Phi) is 3.51. The highest BCUT2D eigenvalue weighted by Crippen LogP contribution is 2.29. The van der Waals surface area contributed by atoms with E-state index in [1.54, 1.807) is 19.2 Å². The minimum absolute atomic E-state index is 0.456. The Balaban J connectivity index is 2.27. The number of methoxy groups -OCH3 is 1. The maximum atomic E-state index is 11.6. The molecular weight excluding hydrogens is 276 g/mol. The molecule has 0 saturated carbocycles. The molecule has 3 aromatic rings. The van der Waals surface area contributed by atoms with Crippen molar-refractivity contribution < 1.29 is 9.53 Å². The second-order valence-electron chi connectivity index (χ2n) is 5.12. The fourth-order valence-electron chi connectivity index (χ4n) is 2.56. The number of pyridine rings is 1. The van der Waals surface area contributed by atoms with E-state index in [1.807, 2.05) is 37.3 Å². The van der Waals surface area contributed by atoms with Gasteiger partial charge in [0.1, 0.15) is 5.75 Å². The number of carbonyl (C=O) groups is 1. The number of aromatic nitrogens is 1. The van der Waals surface area contributed by atoms with Crippen LogP contribution in [0.5, 0.6) is 5.75 Å². The number of hydrogen-bond donors (Lipinski definition) is 1. The molecule has 0 spiro atoms. The van der Waals surface area contributed by atoms with Gasteiger partial charge in [-0.25, -0.2) is 4.98 Å².